The molecule has 0 fully saturated rings. The van der Waals surface area contributed by atoms with Crippen molar-refractivity contribution in [1.82, 2.24) is 9.97 Å². The van der Waals surface area contributed by atoms with Gasteiger partial charge in [-0.25, -0.2) is 4.98 Å². The van der Waals surface area contributed by atoms with Crippen molar-refractivity contribution in [3.63, 3.8) is 0 Å². The van der Waals surface area contributed by atoms with Gasteiger partial charge >= 0.3 is 6.18 Å². The quantitative estimate of drug-likeness (QED) is 0.806. The number of rotatable bonds is 6. The van der Waals surface area contributed by atoms with E-state index >= 15 is 0 Å². The van der Waals surface area contributed by atoms with E-state index in [2.05, 4.69) is 20.6 Å². The average Bonchev–Trinajstić information content (AvgIpc) is 2.53. The van der Waals surface area contributed by atoms with E-state index in [0.29, 0.717) is 6.54 Å². The molecule has 0 unspecified atom stereocenters. The van der Waals surface area contributed by atoms with E-state index in [9.17, 15) is 13.2 Å². The number of nitrogens with one attached hydrogen (secondary N) is 2. The van der Waals surface area contributed by atoms with Crippen LogP contribution in [-0.2, 0) is 12.7 Å². The van der Waals surface area contributed by atoms with Crippen LogP contribution in [0.25, 0.3) is 0 Å². The summed E-state index contributed by atoms with van der Waals surface area (Å²) in [7, 11) is 0. The van der Waals surface area contributed by atoms with Gasteiger partial charge in [0.25, 0.3) is 0 Å². The highest BCUT2D eigenvalue weighted by Gasteiger charge is 2.33. The Morgan fingerprint density at radius 1 is 1.12 bits per heavy atom. The summed E-state index contributed by atoms with van der Waals surface area (Å²) in [5, 5.41) is 5.82. The van der Waals surface area contributed by atoms with Gasteiger partial charge in [0.2, 0.25) is 5.95 Å². The second kappa shape index (κ2) is 7.51. The maximum Gasteiger partial charge on any atom is 0.433 e. The van der Waals surface area contributed by atoms with Gasteiger partial charge < -0.3 is 10.6 Å². The molecule has 1 atom stereocenters. The van der Waals surface area contributed by atoms with Gasteiger partial charge in [-0.05, 0) is 25.8 Å². The third-order valence-corrected chi connectivity index (χ3v) is 3.60. The lowest BCUT2D eigenvalue weighted by atomic mass is 10.1. The zero-order chi connectivity index (χ0) is 17.7. The van der Waals surface area contributed by atoms with Gasteiger partial charge in [0, 0.05) is 18.7 Å². The highest BCUT2D eigenvalue weighted by atomic mass is 19.4. The largest absolute Gasteiger partial charge is 0.433 e. The summed E-state index contributed by atoms with van der Waals surface area (Å²) >= 11 is 0. The molecule has 24 heavy (non-hydrogen) atoms. The smallest absolute Gasteiger partial charge is 0.366 e. The zero-order valence-electron chi connectivity index (χ0n) is 13.9. The average molecular weight is 338 g/mol. The predicted octanol–water partition coefficient (Wildman–Crippen LogP) is 4.63. The first-order chi connectivity index (χ1) is 11.3. The van der Waals surface area contributed by atoms with Crippen LogP contribution in [0.4, 0.5) is 24.9 Å². The fourth-order valence-electron chi connectivity index (χ4n) is 1.97. The van der Waals surface area contributed by atoms with Crippen LogP contribution >= 0.6 is 0 Å². The van der Waals surface area contributed by atoms with Gasteiger partial charge in [0.05, 0.1) is 0 Å². The number of aromatic nitrogens is 2. The highest BCUT2D eigenvalue weighted by Crippen LogP contribution is 2.30. The minimum Gasteiger partial charge on any atom is -0.366 e. The van der Waals surface area contributed by atoms with Crippen LogP contribution in [-0.4, -0.2) is 16.0 Å². The molecule has 1 aromatic carbocycles. The Bertz CT molecular complexity index is 669. The Hall–Kier alpha value is -2.31. The van der Waals surface area contributed by atoms with Crippen molar-refractivity contribution in [3.05, 3.63) is 47.2 Å². The Morgan fingerprint density at radius 2 is 1.79 bits per heavy atom. The molecule has 130 valence electrons. The fraction of sp³-hybridized carbons (Fsp3) is 0.412. The van der Waals surface area contributed by atoms with Crippen LogP contribution in [0.2, 0.25) is 0 Å². The van der Waals surface area contributed by atoms with E-state index in [1.54, 1.807) is 0 Å². The van der Waals surface area contributed by atoms with Crippen molar-refractivity contribution in [2.24, 2.45) is 0 Å². The first kappa shape index (κ1) is 18.0. The molecule has 1 heterocycles. The van der Waals surface area contributed by atoms with Gasteiger partial charge in [-0.15, -0.1) is 0 Å². The van der Waals surface area contributed by atoms with Crippen LogP contribution < -0.4 is 10.6 Å². The summed E-state index contributed by atoms with van der Waals surface area (Å²) in [6.45, 7) is 6.16. The molecule has 2 N–H and O–H groups in total. The van der Waals surface area contributed by atoms with Crippen molar-refractivity contribution in [1.29, 1.82) is 0 Å². The minimum absolute atomic E-state index is 0.0153. The van der Waals surface area contributed by atoms with Gasteiger partial charge in [0.15, 0.2) is 5.69 Å². The molecule has 0 aliphatic carbocycles. The predicted molar refractivity (Wildman–Crippen MR) is 88.9 cm³/mol. The molecule has 0 saturated heterocycles. The molecule has 0 bridgehead atoms. The van der Waals surface area contributed by atoms with E-state index in [1.165, 1.54) is 0 Å². The number of halogens is 3. The van der Waals surface area contributed by atoms with Crippen molar-refractivity contribution in [2.45, 2.75) is 46.0 Å². The monoisotopic (exact) mass is 338 g/mol. The number of benzene rings is 1. The van der Waals surface area contributed by atoms with Crippen LogP contribution in [0.15, 0.2) is 30.3 Å². The second-order valence-electron chi connectivity index (χ2n) is 5.75. The molecule has 2 aromatic rings. The lowest BCUT2D eigenvalue weighted by molar-refractivity contribution is -0.141. The fourth-order valence-corrected chi connectivity index (χ4v) is 1.97. The second-order valence-corrected chi connectivity index (χ2v) is 5.75. The summed E-state index contributed by atoms with van der Waals surface area (Å²) in [5.41, 5.74) is 1.12. The summed E-state index contributed by atoms with van der Waals surface area (Å²) < 4.78 is 39.1. The minimum atomic E-state index is -4.52. The number of nitrogens with zero attached hydrogens (tertiary/aromatic N) is 2. The summed E-state index contributed by atoms with van der Waals surface area (Å²) in [6.07, 6.45) is -3.76. The van der Waals surface area contributed by atoms with Crippen molar-refractivity contribution >= 4 is 11.8 Å². The SMILES string of the molecule is CC[C@@H](C)Nc1nc(NCc2ccc(C)cc2)cc(C(F)(F)F)n1. The lowest BCUT2D eigenvalue weighted by Gasteiger charge is -2.15. The maximum atomic E-state index is 13.0. The lowest BCUT2D eigenvalue weighted by Crippen LogP contribution is -2.19. The number of hydrogen-bond acceptors (Lipinski definition) is 4. The highest BCUT2D eigenvalue weighted by molar-refractivity contribution is 5.44. The Kier molecular flexibility index (Phi) is 5.64. The van der Waals surface area contributed by atoms with Gasteiger partial charge in [-0.2, -0.15) is 18.2 Å². The van der Waals surface area contributed by atoms with Crippen LogP contribution in [0.1, 0.15) is 37.1 Å². The van der Waals surface area contributed by atoms with Crippen LogP contribution in [0.3, 0.4) is 0 Å². The van der Waals surface area contributed by atoms with E-state index < -0.39 is 11.9 Å². The number of alkyl halides is 3. The molecule has 0 amide bonds. The van der Waals surface area contributed by atoms with Gasteiger partial charge in [0.1, 0.15) is 5.82 Å². The maximum absolute atomic E-state index is 13.0. The molecule has 0 aliphatic rings. The topological polar surface area (TPSA) is 49.8 Å². The van der Waals surface area contributed by atoms with Crippen molar-refractivity contribution < 1.29 is 13.2 Å². The Labute approximate surface area is 139 Å². The third-order valence-electron chi connectivity index (χ3n) is 3.60. The standard InChI is InChI=1S/C17H21F3N4/c1-4-12(3)22-16-23-14(17(18,19)20)9-15(24-16)21-10-13-7-5-11(2)6-8-13/h5-9,12H,4,10H2,1-3H3,(H2,21,22,23,24)/t12-/m1/s1. The van der Waals surface area contributed by atoms with E-state index in [-0.39, 0.29) is 17.8 Å². The molecule has 2 rings (SSSR count). The Morgan fingerprint density at radius 3 is 2.38 bits per heavy atom. The van der Waals surface area contributed by atoms with E-state index in [1.807, 2.05) is 45.0 Å². The Balaban J connectivity index is 2.20. The molecule has 4 nitrogen and oxygen atoms in total. The molecule has 0 saturated carbocycles. The summed E-state index contributed by atoms with van der Waals surface area (Å²) in [4.78, 5) is 7.71. The molecular weight excluding hydrogens is 317 g/mol. The van der Waals surface area contributed by atoms with E-state index in [0.717, 1.165) is 23.6 Å². The zero-order valence-corrected chi connectivity index (χ0v) is 13.9. The molecule has 1 aromatic heterocycles. The first-order valence-corrected chi connectivity index (χ1v) is 7.80. The number of aryl methyl sites for hydroxylation is 1. The first-order valence-electron chi connectivity index (χ1n) is 7.80. The molecular formula is C17H21F3N4. The van der Waals surface area contributed by atoms with Gasteiger partial charge in [-0.1, -0.05) is 36.8 Å². The van der Waals surface area contributed by atoms with Crippen LogP contribution in [0.5, 0.6) is 0 Å². The third kappa shape index (κ3) is 5.11. The number of hydrogen-bond donors (Lipinski definition) is 2. The van der Waals surface area contributed by atoms with E-state index in [4.69, 9.17) is 0 Å². The van der Waals surface area contributed by atoms with Crippen LogP contribution in [0, 0.1) is 6.92 Å². The molecule has 0 spiro atoms. The molecule has 0 aliphatic heterocycles. The summed E-state index contributed by atoms with van der Waals surface area (Å²) in [6, 6.07) is 8.66. The van der Waals surface area contributed by atoms with Crippen molar-refractivity contribution in [3.8, 4) is 0 Å². The van der Waals surface area contributed by atoms with Gasteiger partial charge in [-0.3, -0.25) is 0 Å². The summed E-state index contributed by atoms with van der Waals surface area (Å²) in [5.74, 6) is 0.120. The molecule has 0 radical (unpaired) electrons. The molecule has 7 heteroatoms. The van der Waals surface area contributed by atoms with Crippen molar-refractivity contribution in [2.75, 3.05) is 10.6 Å². The number of anilines is 2. The normalized spacial score (nSPS) is 12.8.